The van der Waals surface area contributed by atoms with Gasteiger partial charge in [-0.25, -0.2) is 0 Å². The third-order valence-electron chi connectivity index (χ3n) is 3.56. The summed E-state index contributed by atoms with van der Waals surface area (Å²) in [6, 6.07) is 2.23. The summed E-state index contributed by atoms with van der Waals surface area (Å²) >= 11 is 6.36. The van der Waals surface area contributed by atoms with Crippen molar-refractivity contribution in [2.24, 2.45) is 7.05 Å². The fourth-order valence-corrected chi connectivity index (χ4v) is 2.71. The molecular weight excluding hydrogens is 272 g/mol. The molecule has 2 aromatic heterocycles. The molecule has 0 bridgehead atoms. The summed E-state index contributed by atoms with van der Waals surface area (Å²) in [4.78, 5) is 4.24. The van der Waals surface area contributed by atoms with Crippen molar-refractivity contribution in [1.82, 2.24) is 20.1 Å². The summed E-state index contributed by atoms with van der Waals surface area (Å²) in [6.45, 7) is 7.04. The Balaban J connectivity index is 2.33. The summed E-state index contributed by atoms with van der Waals surface area (Å²) in [5.41, 5.74) is 4.38. The van der Waals surface area contributed by atoms with Crippen LogP contribution in [0.25, 0.3) is 0 Å². The number of hydrogen-bond acceptors (Lipinski definition) is 3. The topological polar surface area (TPSA) is 42.7 Å². The van der Waals surface area contributed by atoms with Crippen molar-refractivity contribution in [3.05, 3.63) is 46.0 Å². The van der Waals surface area contributed by atoms with Gasteiger partial charge in [-0.05, 0) is 37.6 Å². The maximum Gasteiger partial charge on any atom is 0.0847 e. The molecule has 0 aliphatic rings. The Morgan fingerprint density at radius 2 is 2.15 bits per heavy atom. The molecule has 2 rings (SSSR count). The van der Waals surface area contributed by atoms with Gasteiger partial charge in [0.25, 0.3) is 0 Å². The van der Waals surface area contributed by atoms with Crippen LogP contribution in [0, 0.1) is 13.8 Å². The van der Waals surface area contributed by atoms with E-state index in [0.717, 1.165) is 29.4 Å². The number of nitrogens with zero attached hydrogens (tertiary/aromatic N) is 3. The summed E-state index contributed by atoms with van der Waals surface area (Å²) in [7, 11) is 1.94. The highest BCUT2D eigenvalue weighted by atomic mass is 35.5. The third-order valence-corrected chi connectivity index (χ3v) is 4.06. The number of rotatable bonds is 5. The van der Waals surface area contributed by atoms with Crippen LogP contribution in [0.1, 0.15) is 35.5 Å². The van der Waals surface area contributed by atoms with Crippen LogP contribution in [0.5, 0.6) is 0 Å². The van der Waals surface area contributed by atoms with Crippen molar-refractivity contribution in [3.63, 3.8) is 0 Å². The average molecular weight is 293 g/mol. The highest BCUT2D eigenvalue weighted by Gasteiger charge is 2.19. The van der Waals surface area contributed by atoms with Crippen LogP contribution < -0.4 is 5.32 Å². The van der Waals surface area contributed by atoms with Gasteiger partial charge in [0.05, 0.1) is 16.4 Å². The Bertz CT molecular complexity index is 592. The molecule has 0 saturated carbocycles. The van der Waals surface area contributed by atoms with Crippen LogP contribution in [-0.2, 0) is 13.5 Å². The molecule has 2 aromatic rings. The molecule has 0 aliphatic heterocycles. The lowest BCUT2D eigenvalue weighted by Crippen LogP contribution is -2.25. The lowest BCUT2D eigenvalue weighted by molar-refractivity contribution is 0.525. The molecular formula is C15H21ClN4. The van der Waals surface area contributed by atoms with Gasteiger partial charge in [0, 0.05) is 31.9 Å². The average Bonchev–Trinajstić information content (AvgIpc) is 2.65. The predicted molar refractivity (Wildman–Crippen MR) is 82.1 cm³/mol. The molecule has 108 valence electrons. The molecule has 1 unspecified atom stereocenters. The first-order valence-corrected chi connectivity index (χ1v) is 7.24. The summed E-state index contributed by atoms with van der Waals surface area (Å²) in [5, 5.41) is 8.65. The van der Waals surface area contributed by atoms with E-state index in [1.807, 2.05) is 37.1 Å². The molecule has 0 amide bonds. The number of halogens is 1. The van der Waals surface area contributed by atoms with Crippen molar-refractivity contribution >= 4 is 11.6 Å². The van der Waals surface area contributed by atoms with E-state index in [-0.39, 0.29) is 6.04 Å². The molecule has 0 aromatic carbocycles. The van der Waals surface area contributed by atoms with E-state index < -0.39 is 0 Å². The van der Waals surface area contributed by atoms with Crippen LogP contribution in [0.3, 0.4) is 0 Å². The van der Waals surface area contributed by atoms with Gasteiger partial charge in [0.1, 0.15) is 0 Å². The molecule has 0 spiro atoms. The van der Waals surface area contributed by atoms with Crippen molar-refractivity contribution in [3.8, 4) is 0 Å². The third kappa shape index (κ3) is 3.02. The first kappa shape index (κ1) is 15.0. The van der Waals surface area contributed by atoms with Crippen LogP contribution in [0.15, 0.2) is 18.5 Å². The molecule has 1 atom stereocenters. The van der Waals surface area contributed by atoms with Gasteiger partial charge in [-0.2, -0.15) is 5.10 Å². The standard InChI is InChI=1S/C15H21ClN4/c1-5-18-13(12-9-17-7-6-10(12)2)8-14-15(16)11(3)19-20(14)4/h6-7,9,13,18H,5,8H2,1-4H3. The first-order chi connectivity index (χ1) is 9.54. The van der Waals surface area contributed by atoms with Gasteiger partial charge in [-0.15, -0.1) is 0 Å². The minimum Gasteiger partial charge on any atom is -0.310 e. The van der Waals surface area contributed by atoms with E-state index in [2.05, 4.69) is 29.2 Å². The highest BCUT2D eigenvalue weighted by Crippen LogP contribution is 2.26. The minimum atomic E-state index is 0.195. The van der Waals surface area contributed by atoms with Crippen LogP contribution in [0.2, 0.25) is 5.02 Å². The van der Waals surface area contributed by atoms with E-state index in [9.17, 15) is 0 Å². The number of pyridine rings is 1. The Kier molecular flexibility index (Phi) is 4.78. The number of nitrogens with one attached hydrogen (secondary N) is 1. The zero-order valence-corrected chi connectivity index (χ0v) is 13.2. The van der Waals surface area contributed by atoms with Crippen molar-refractivity contribution < 1.29 is 0 Å². The van der Waals surface area contributed by atoms with Gasteiger partial charge < -0.3 is 5.32 Å². The van der Waals surface area contributed by atoms with Gasteiger partial charge >= 0.3 is 0 Å². The molecule has 0 fully saturated rings. The SMILES string of the molecule is CCNC(Cc1c(Cl)c(C)nn1C)c1cnccc1C. The van der Waals surface area contributed by atoms with E-state index in [1.54, 1.807) is 0 Å². The fraction of sp³-hybridized carbons (Fsp3) is 0.467. The van der Waals surface area contributed by atoms with Crippen molar-refractivity contribution in [2.45, 2.75) is 33.2 Å². The van der Waals surface area contributed by atoms with Crippen LogP contribution in [-0.4, -0.2) is 21.3 Å². The normalized spacial score (nSPS) is 12.7. The van der Waals surface area contributed by atoms with Crippen LogP contribution in [0.4, 0.5) is 0 Å². The molecule has 2 heterocycles. The van der Waals surface area contributed by atoms with Crippen molar-refractivity contribution in [1.29, 1.82) is 0 Å². The lowest BCUT2D eigenvalue weighted by Gasteiger charge is -2.20. The molecule has 20 heavy (non-hydrogen) atoms. The summed E-state index contributed by atoms with van der Waals surface area (Å²) in [6.07, 6.45) is 4.55. The summed E-state index contributed by atoms with van der Waals surface area (Å²) in [5.74, 6) is 0. The second-order valence-electron chi connectivity index (χ2n) is 5.02. The van der Waals surface area contributed by atoms with Gasteiger partial charge in [0.15, 0.2) is 0 Å². The van der Waals surface area contributed by atoms with Crippen molar-refractivity contribution in [2.75, 3.05) is 6.54 Å². The van der Waals surface area contributed by atoms with Gasteiger partial charge in [-0.3, -0.25) is 9.67 Å². The van der Waals surface area contributed by atoms with E-state index in [1.165, 1.54) is 11.1 Å². The Morgan fingerprint density at radius 1 is 1.40 bits per heavy atom. The monoisotopic (exact) mass is 292 g/mol. The summed E-state index contributed by atoms with van der Waals surface area (Å²) < 4.78 is 1.87. The largest absolute Gasteiger partial charge is 0.310 e. The molecule has 0 radical (unpaired) electrons. The molecule has 5 heteroatoms. The Hall–Kier alpha value is -1.39. The highest BCUT2D eigenvalue weighted by molar-refractivity contribution is 6.31. The fourth-order valence-electron chi connectivity index (χ4n) is 2.47. The number of likely N-dealkylation sites (N-methyl/N-ethyl adjacent to an activating group) is 1. The smallest absolute Gasteiger partial charge is 0.0847 e. The van der Waals surface area contributed by atoms with E-state index in [0.29, 0.717) is 0 Å². The predicted octanol–water partition coefficient (Wildman–Crippen LogP) is 2.98. The molecule has 1 N–H and O–H groups in total. The van der Waals surface area contributed by atoms with Crippen LogP contribution >= 0.6 is 11.6 Å². The minimum absolute atomic E-state index is 0.195. The quantitative estimate of drug-likeness (QED) is 0.921. The number of aryl methyl sites for hydroxylation is 3. The maximum atomic E-state index is 6.36. The zero-order valence-electron chi connectivity index (χ0n) is 12.4. The number of aromatic nitrogens is 3. The second-order valence-corrected chi connectivity index (χ2v) is 5.39. The Morgan fingerprint density at radius 3 is 2.70 bits per heavy atom. The Labute approximate surface area is 125 Å². The van der Waals surface area contributed by atoms with Gasteiger partial charge in [-0.1, -0.05) is 18.5 Å². The molecule has 4 nitrogen and oxygen atoms in total. The maximum absolute atomic E-state index is 6.36. The lowest BCUT2D eigenvalue weighted by atomic mass is 9.99. The van der Waals surface area contributed by atoms with E-state index in [4.69, 9.17) is 11.6 Å². The van der Waals surface area contributed by atoms with E-state index >= 15 is 0 Å². The second kappa shape index (κ2) is 6.37. The number of hydrogen-bond donors (Lipinski definition) is 1. The van der Waals surface area contributed by atoms with Gasteiger partial charge in [0.2, 0.25) is 0 Å². The zero-order chi connectivity index (χ0) is 14.7. The first-order valence-electron chi connectivity index (χ1n) is 6.86. The molecule has 0 saturated heterocycles. The molecule has 0 aliphatic carbocycles.